The Labute approximate surface area is 196 Å². The number of carbonyl (C=O) groups is 3. The van der Waals surface area contributed by atoms with E-state index in [1.54, 1.807) is 13.8 Å². The molecule has 0 aliphatic heterocycles. The Morgan fingerprint density at radius 2 is 1.85 bits per heavy atom. The van der Waals surface area contributed by atoms with E-state index in [0.717, 1.165) is 17.2 Å². The number of rotatable bonds is 10. The molecule has 0 radical (unpaired) electrons. The van der Waals surface area contributed by atoms with E-state index in [1.807, 2.05) is 31.2 Å². The van der Waals surface area contributed by atoms with E-state index in [1.165, 1.54) is 12.1 Å². The Kier molecular flexibility index (Phi) is 9.35. The first kappa shape index (κ1) is 25.8. The summed E-state index contributed by atoms with van der Waals surface area (Å²) >= 11 is 5.77. The zero-order valence-electron chi connectivity index (χ0n) is 18.6. The van der Waals surface area contributed by atoms with Gasteiger partial charge in [-0.1, -0.05) is 49.7 Å². The van der Waals surface area contributed by atoms with E-state index in [-0.39, 0.29) is 16.5 Å². The van der Waals surface area contributed by atoms with Gasteiger partial charge in [0.15, 0.2) is 6.61 Å². The highest BCUT2D eigenvalue weighted by molar-refractivity contribution is 6.32. The van der Waals surface area contributed by atoms with Gasteiger partial charge in [0.05, 0.1) is 4.92 Å². The number of carbonyl (C=O) groups excluding carboxylic acids is 3. The van der Waals surface area contributed by atoms with Crippen molar-refractivity contribution in [1.29, 1.82) is 0 Å². The summed E-state index contributed by atoms with van der Waals surface area (Å²) in [5, 5.41) is 16.1. The highest BCUT2D eigenvalue weighted by Crippen LogP contribution is 2.25. The van der Waals surface area contributed by atoms with Crippen molar-refractivity contribution in [2.75, 3.05) is 13.2 Å². The molecule has 0 bridgehead atoms. The van der Waals surface area contributed by atoms with Gasteiger partial charge in [0.25, 0.3) is 17.5 Å². The molecule has 2 amide bonds. The maximum absolute atomic E-state index is 12.5. The second-order valence-electron chi connectivity index (χ2n) is 7.75. The maximum atomic E-state index is 12.5. The van der Waals surface area contributed by atoms with Crippen molar-refractivity contribution in [3.8, 4) is 0 Å². The number of nitrogens with zero attached hydrogens (tertiary/aromatic N) is 1. The van der Waals surface area contributed by atoms with Crippen LogP contribution in [0.15, 0.2) is 42.5 Å². The van der Waals surface area contributed by atoms with Gasteiger partial charge in [-0.25, -0.2) is 4.79 Å². The molecule has 0 aliphatic carbocycles. The normalized spacial score (nSPS) is 11.5. The first-order valence-electron chi connectivity index (χ1n) is 10.3. The number of halogens is 1. The van der Waals surface area contributed by atoms with Crippen molar-refractivity contribution in [2.24, 2.45) is 5.92 Å². The van der Waals surface area contributed by atoms with Crippen LogP contribution in [0.2, 0.25) is 5.02 Å². The molecular formula is C23H26ClN3O6. The fraction of sp³-hybridized carbons (Fsp3) is 0.348. The topological polar surface area (TPSA) is 128 Å². The van der Waals surface area contributed by atoms with E-state index < -0.39 is 41.0 Å². The number of benzene rings is 2. The molecule has 2 rings (SSSR count). The van der Waals surface area contributed by atoms with Gasteiger partial charge >= 0.3 is 5.97 Å². The summed E-state index contributed by atoms with van der Waals surface area (Å²) in [5.41, 5.74) is 1.79. The number of aryl methyl sites for hydroxylation is 1. The van der Waals surface area contributed by atoms with Gasteiger partial charge in [-0.15, -0.1) is 0 Å². The molecule has 33 heavy (non-hydrogen) atoms. The van der Waals surface area contributed by atoms with Gasteiger partial charge in [0.1, 0.15) is 11.1 Å². The van der Waals surface area contributed by atoms with Crippen LogP contribution in [-0.4, -0.2) is 41.9 Å². The summed E-state index contributed by atoms with van der Waals surface area (Å²) in [4.78, 5) is 47.4. The fourth-order valence-corrected chi connectivity index (χ4v) is 3.21. The molecule has 0 heterocycles. The van der Waals surface area contributed by atoms with Crippen LogP contribution >= 0.6 is 11.6 Å². The lowest BCUT2D eigenvalue weighted by Crippen LogP contribution is -2.46. The SMILES string of the molecule is Cc1ccccc1CCNC(=O)COC(=O)[C@@H](NC(=O)c1ccc(Cl)c([N+](=O)[O-])c1)C(C)C. The number of esters is 1. The molecule has 0 saturated carbocycles. The zero-order valence-corrected chi connectivity index (χ0v) is 19.3. The first-order chi connectivity index (χ1) is 15.6. The van der Waals surface area contributed by atoms with E-state index in [4.69, 9.17) is 16.3 Å². The number of hydrogen-bond donors (Lipinski definition) is 2. The Morgan fingerprint density at radius 1 is 1.15 bits per heavy atom. The molecule has 10 heteroatoms. The third-order valence-electron chi connectivity index (χ3n) is 4.94. The Balaban J connectivity index is 1.89. The van der Waals surface area contributed by atoms with Crippen LogP contribution in [0.1, 0.15) is 35.3 Å². The molecule has 2 N–H and O–H groups in total. The minimum Gasteiger partial charge on any atom is -0.454 e. The van der Waals surface area contributed by atoms with Crippen molar-refractivity contribution in [3.63, 3.8) is 0 Å². The predicted octanol–water partition coefficient (Wildman–Crippen LogP) is 3.21. The number of ether oxygens (including phenoxy) is 1. The number of nitrogens with one attached hydrogen (secondary N) is 2. The fourth-order valence-electron chi connectivity index (χ4n) is 3.02. The minimum atomic E-state index is -1.05. The standard InChI is InChI=1S/C23H26ClN3O6/c1-14(2)21(26-22(29)17-8-9-18(24)19(12-17)27(31)32)23(30)33-13-20(28)25-11-10-16-7-5-4-6-15(16)3/h4-9,12,14,21H,10-11,13H2,1-3H3,(H,25,28)(H,26,29)/t21-/m0/s1. The van der Waals surface area contributed by atoms with E-state index in [9.17, 15) is 24.5 Å². The van der Waals surface area contributed by atoms with Crippen molar-refractivity contribution < 1.29 is 24.0 Å². The van der Waals surface area contributed by atoms with Gasteiger partial charge in [0, 0.05) is 18.2 Å². The molecule has 1 atom stereocenters. The van der Waals surface area contributed by atoms with Crippen molar-refractivity contribution in [1.82, 2.24) is 10.6 Å². The van der Waals surface area contributed by atoms with Crippen molar-refractivity contribution in [2.45, 2.75) is 33.2 Å². The largest absolute Gasteiger partial charge is 0.454 e. The second kappa shape index (κ2) is 12.0. The predicted molar refractivity (Wildman–Crippen MR) is 123 cm³/mol. The summed E-state index contributed by atoms with van der Waals surface area (Å²) in [6.07, 6.45) is 0.643. The molecule has 0 spiro atoms. The monoisotopic (exact) mass is 475 g/mol. The Hall–Kier alpha value is -3.46. The van der Waals surface area contributed by atoms with E-state index in [0.29, 0.717) is 13.0 Å². The molecule has 0 unspecified atom stereocenters. The summed E-state index contributed by atoms with van der Waals surface area (Å²) in [5.74, 6) is -2.30. The molecule has 0 aliphatic rings. The van der Waals surface area contributed by atoms with Crippen LogP contribution in [0, 0.1) is 23.0 Å². The molecule has 9 nitrogen and oxygen atoms in total. The van der Waals surface area contributed by atoms with Gasteiger partial charge in [-0.05, 0) is 42.5 Å². The number of hydrogen-bond acceptors (Lipinski definition) is 6. The quantitative estimate of drug-likeness (QED) is 0.308. The highest BCUT2D eigenvalue weighted by atomic mass is 35.5. The third kappa shape index (κ3) is 7.57. The molecule has 0 saturated heterocycles. The van der Waals surface area contributed by atoms with Crippen molar-refractivity contribution in [3.05, 3.63) is 74.3 Å². The van der Waals surface area contributed by atoms with Gasteiger partial charge < -0.3 is 15.4 Å². The lowest BCUT2D eigenvalue weighted by atomic mass is 10.0. The molecule has 176 valence electrons. The van der Waals surface area contributed by atoms with Crippen LogP contribution < -0.4 is 10.6 Å². The molecule has 0 fully saturated rings. The lowest BCUT2D eigenvalue weighted by molar-refractivity contribution is -0.384. The van der Waals surface area contributed by atoms with Gasteiger partial charge in [0.2, 0.25) is 0 Å². The first-order valence-corrected chi connectivity index (χ1v) is 10.7. The smallest absolute Gasteiger partial charge is 0.329 e. The second-order valence-corrected chi connectivity index (χ2v) is 8.16. The zero-order chi connectivity index (χ0) is 24.5. The molecular weight excluding hydrogens is 450 g/mol. The van der Waals surface area contributed by atoms with Crippen LogP contribution in [0.4, 0.5) is 5.69 Å². The number of nitro benzene ring substituents is 1. The highest BCUT2D eigenvalue weighted by Gasteiger charge is 2.27. The van der Waals surface area contributed by atoms with Crippen LogP contribution in [-0.2, 0) is 20.7 Å². The molecule has 0 aromatic heterocycles. The summed E-state index contributed by atoms with van der Waals surface area (Å²) < 4.78 is 5.08. The van der Waals surface area contributed by atoms with Gasteiger partial charge in [-0.3, -0.25) is 19.7 Å². The lowest BCUT2D eigenvalue weighted by Gasteiger charge is -2.20. The average Bonchev–Trinajstić information content (AvgIpc) is 2.76. The third-order valence-corrected chi connectivity index (χ3v) is 5.26. The van der Waals surface area contributed by atoms with Gasteiger partial charge in [-0.2, -0.15) is 0 Å². The Morgan fingerprint density at radius 3 is 2.48 bits per heavy atom. The minimum absolute atomic E-state index is 0.0292. The Bertz CT molecular complexity index is 1040. The van der Waals surface area contributed by atoms with Crippen LogP contribution in [0.25, 0.3) is 0 Å². The average molecular weight is 476 g/mol. The summed E-state index contributed by atoms with van der Waals surface area (Å²) in [7, 11) is 0. The van der Waals surface area contributed by atoms with Crippen LogP contribution in [0.5, 0.6) is 0 Å². The molecule has 2 aromatic carbocycles. The van der Waals surface area contributed by atoms with E-state index in [2.05, 4.69) is 10.6 Å². The van der Waals surface area contributed by atoms with Crippen LogP contribution in [0.3, 0.4) is 0 Å². The molecule has 2 aromatic rings. The van der Waals surface area contributed by atoms with Crippen molar-refractivity contribution >= 4 is 35.1 Å². The van der Waals surface area contributed by atoms with E-state index >= 15 is 0 Å². The summed E-state index contributed by atoms with van der Waals surface area (Å²) in [6, 6.07) is 10.4. The number of amides is 2. The maximum Gasteiger partial charge on any atom is 0.329 e. The number of nitro groups is 1. The summed E-state index contributed by atoms with van der Waals surface area (Å²) in [6.45, 7) is 5.28.